The van der Waals surface area contributed by atoms with E-state index in [1.54, 1.807) is 12.3 Å². The van der Waals surface area contributed by atoms with Gasteiger partial charge in [-0.2, -0.15) is 5.10 Å². The zero-order valence-corrected chi connectivity index (χ0v) is 11.0. The van der Waals surface area contributed by atoms with Crippen molar-refractivity contribution in [3.05, 3.63) is 24.5 Å². The van der Waals surface area contributed by atoms with E-state index in [2.05, 4.69) is 20.4 Å². The van der Waals surface area contributed by atoms with Crippen molar-refractivity contribution in [2.24, 2.45) is 0 Å². The molecule has 3 N–H and O–H groups in total. The zero-order chi connectivity index (χ0) is 12.8. The molecule has 0 bridgehead atoms. The molecule has 0 spiro atoms. The fraction of sp³-hybridized carbons (Fsp3) is 0.364. The van der Waals surface area contributed by atoms with Crippen LogP contribution in [0.25, 0.3) is 0 Å². The van der Waals surface area contributed by atoms with Gasteiger partial charge in [-0.25, -0.2) is 9.97 Å². The Morgan fingerprint density at radius 2 is 2.33 bits per heavy atom. The van der Waals surface area contributed by atoms with Crippen LogP contribution in [0.1, 0.15) is 6.42 Å². The van der Waals surface area contributed by atoms with Gasteiger partial charge in [-0.05, 0) is 18.7 Å². The third-order valence-electron chi connectivity index (χ3n) is 2.34. The molecule has 6 nitrogen and oxygen atoms in total. The van der Waals surface area contributed by atoms with Crippen LogP contribution in [-0.4, -0.2) is 32.5 Å². The number of nitrogens with zero attached hydrogens (tertiary/aromatic N) is 4. The number of rotatable bonds is 6. The first-order chi connectivity index (χ1) is 8.78. The maximum atomic E-state index is 5.70. The lowest BCUT2D eigenvalue weighted by molar-refractivity contribution is 0.591. The van der Waals surface area contributed by atoms with Crippen molar-refractivity contribution in [1.82, 2.24) is 19.7 Å². The van der Waals surface area contributed by atoms with E-state index in [9.17, 15) is 0 Å². The first kappa shape index (κ1) is 12.7. The lowest BCUT2D eigenvalue weighted by Crippen LogP contribution is -2.09. The third-order valence-corrected chi connectivity index (χ3v) is 2.89. The molecule has 0 amide bonds. The van der Waals surface area contributed by atoms with E-state index < -0.39 is 0 Å². The van der Waals surface area contributed by atoms with Gasteiger partial charge in [0.15, 0.2) is 5.16 Å². The summed E-state index contributed by atoms with van der Waals surface area (Å²) in [7, 11) is 0. The highest BCUT2D eigenvalue weighted by Crippen LogP contribution is 2.14. The Labute approximate surface area is 110 Å². The summed E-state index contributed by atoms with van der Waals surface area (Å²) in [6, 6.07) is 3.66. The van der Waals surface area contributed by atoms with Gasteiger partial charge < -0.3 is 11.1 Å². The van der Waals surface area contributed by atoms with Crippen LogP contribution in [0.3, 0.4) is 0 Å². The fourth-order valence-electron chi connectivity index (χ4n) is 1.52. The van der Waals surface area contributed by atoms with Gasteiger partial charge in [-0.3, -0.25) is 4.68 Å². The highest BCUT2D eigenvalue weighted by atomic mass is 32.2. The maximum Gasteiger partial charge on any atom is 0.191 e. The van der Waals surface area contributed by atoms with E-state index in [0.717, 1.165) is 25.3 Å². The minimum absolute atomic E-state index is 0.490. The lowest BCUT2D eigenvalue weighted by atomic mass is 10.4. The van der Waals surface area contributed by atoms with Crippen LogP contribution in [0, 0.1) is 0 Å². The predicted octanol–water partition coefficient (Wildman–Crippen LogP) is 1.48. The number of aromatic nitrogens is 4. The summed E-state index contributed by atoms with van der Waals surface area (Å²) in [6.45, 7) is 1.71. The summed E-state index contributed by atoms with van der Waals surface area (Å²) >= 11 is 1.48. The number of nitrogens with two attached hydrogens (primary N) is 1. The number of anilines is 2. The first-order valence-electron chi connectivity index (χ1n) is 5.68. The second-order valence-electron chi connectivity index (χ2n) is 3.71. The SMILES string of the molecule is CSc1nc(N)cc(NCCCn2cccn2)n1. The smallest absolute Gasteiger partial charge is 0.191 e. The first-order valence-corrected chi connectivity index (χ1v) is 6.90. The van der Waals surface area contributed by atoms with Crippen LogP contribution < -0.4 is 11.1 Å². The summed E-state index contributed by atoms with van der Waals surface area (Å²) < 4.78 is 1.91. The molecule has 0 radical (unpaired) electrons. The highest BCUT2D eigenvalue weighted by molar-refractivity contribution is 7.98. The molecule has 0 unspecified atom stereocenters. The zero-order valence-electron chi connectivity index (χ0n) is 10.2. The quantitative estimate of drug-likeness (QED) is 0.467. The van der Waals surface area contributed by atoms with Crippen LogP contribution in [-0.2, 0) is 6.54 Å². The average molecular weight is 264 g/mol. The Hall–Kier alpha value is -1.76. The van der Waals surface area contributed by atoms with Crippen LogP contribution in [0.2, 0.25) is 0 Å². The molecule has 18 heavy (non-hydrogen) atoms. The second kappa shape index (κ2) is 6.25. The molecular formula is C11H16N6S. The molecule has 0 aromatic carbocycles. The van der Waals surface area contributed by atoms with Crippen LogP contribution in [0.5, 0.6) is 0 Å². The summed E-state index contributed by atoms with van der Waals surface area (Å²) in [4.78, 5) is 8.42. The van der Waals surface area contributed by atoms with E-state index in [1.807, 2.05) is 23.2 Å². The molecule has 0 aliphatic rings. The van der Waals surface area contributed by atoms with E-state index >= 15 is 0 Å². The number of aryl methyl sites for hydroxylation is 1. The standard InChI is InChI=1S/C11H16N6S/c1-18-11-15-9(12)8-10(16-11)13-4-2-6-17-7-3-5-14-17/h3,5,7-8H,2,4,6H2,1H3,(H3,12,13,15,16). The molecule has 0 atom stereocenters. The van der Waals surface area contributed by atoms with Gasteiger partial charge >= 0.3 is 0 Å². The van der Waals surface area contributed by atoms with Crippen molar-refractivity contribution in [2.75, 3.05) is 23.9 Å². The normalized spacial score (nSPS) is 10.5. The Morgan fingerprint density at radius 3 is 3.06 bits per heavy atom. The third kappa shape index (κ3) is 3.63. The number of nitrogen functional groups attached to an aromatic ring is 1. The Bertz CT molecular complexity index is 484. The Balaban J connectivity index is 1.81. The predicted molar refractivity (Wildman–Crippen MR) is 73.6 cm³/mol. The summed E-state index contributed by atoms with van der Waals surface area (Å²) in [5.41, 5.74) is 5.70. The molecule has 0 saturated heterocycles. The van der Waals surface area contributed by atoms with Crippen LogP contribution in [0.4, 0.5) is 11.6 Å². The number of hydrogen-bond acceptors (Lipinski definition) is 6. The van der Waals surface area contributed by atoms with E-state index in [4.69, 9.17) is 5.73 Å². The largest absolute Gasteiger partial charge is 0.383 e. The van der Waals surface area contributed by atoms with Crippen molar-refractivity contribution in [3.63, 3.8) is 0 Å². The minimum Gasteiger partial charge on any atom is -0.383 e. The van der Waals surface area contributed by atoms with Crippen molar-refractivity contribution >= 4 is 23.4 Å². The topological polar surface area (TPSA) is 81.6 Å². The van der Waals surface area contributed by atoms with Crippen molar-refractivity contribution in [2.45, 2.75) is 18.1 Å². The molecule has 2 aromatic heterocycles. The average Bonchev–Trinajstić information content (AvgIpc) is 2.87. The number of thioether (sulfide) groups is 1. The lowest BCUT2D eigenvalue weighted by Gasteiger charge is -2.07. The Morgan fingerprint density at radius 1 is 1.44 bits per heavy atom. The van der Waals surface area contributed by atoms with Crippen molar-refractivity contribution < 1.29 is 0 Å². The van der Waals surface area contributed by atoms with E-state index in [-0.39, 0.29) is 0 Å². The molecule has 2 heterocycles. The van der Waals surface area contributed by atoms with E-state index in [1.165, 1.54) is 11.8 Å². The van der Waals surface area contributed by atoms with Crippen molar-refractivity contribution in [1.29, 1.82) is 0 Å². The van der Waals surface area contributed by atoms with Crippen LogP contribution in [0.15, 0.2) is 29.7 Å². The van der Waals surface area contributed by atoms with Gasteiger partial charge in [-0.1, -0.05) is 11.8 Å². The molecule has 0 fully saturated rings. The van der Waals surface area contributed by atoms with E-state index in [0.29, 0.717) is 11.0 Å². The molecule has 2 aromatic rings. The van der Waals surface area contributed by atoms with Gasteiger partial charge in [0.25, 0.3) is 0 Å². The molecule has 2 rings (SSSR count). The minimum atomic E-state index is 0.490. The molecule has 0 saturated carbocycles. The van der Waals surface area contributed by atoms with Gasteiger partial charge in [0.2, 0.25) is 0 Å². The van der Waals surface area contributed by atoms with Gasteiger partial charge in [0.1, 0.15) is 11.6 Å². The van der Waals surface area contributed by atoms with Crippen molar-refractivity contribution in [3.8, 4) is 0 Å². The highest BCUT2D eigenvalue weighted by Gasteiger charge is 2.01. The Kier molecular flexibility index (Phi) is 4.40. The molecule has 7 heteroatoms. The number of hydrogen-bond donors (Lipinski definition) is 2. The van der Waals surface area contributed by atoms with Gasteiger partial charge in [0, 0.05) is 31.5 Å². The monoisotopic (exact) mass is 264 g/mol. The second-order valence-corrected chi connectivity index (χ2v) is 4.49. The maximum absolute atomic E-state index is 5.70. The molecule has 96 valence electrons. The summed E-state index contributed by atoms with van der Waals surface area (Å²) in [5.74, 6) is 1.26. The van der Waals surface area contributed by atoms with Gasteiger partial charge in [-0.15, -0.1) is 0 Å². The molecule has 0 aliphatic heterocycles. The van der Waals surface area contributed by atoms with Crippen LogP contribution >= 0.6 is 11.8 Å². The summed E-state index contributed by atoms with van der Waals surface area (Å²) in [6.07, 6.45) is 6.63. The summed E-state index contributed by atoms with van der Waals surface area (Å²) in [5, 5.41) is 8.06. The number of nitrogens with one attached hydrogen (secondary N) is 1. The van der Waals surface area contributed by atoms with Gasteiger partial charge in [0.05, 0.1) is 0 Å². The fourth-order valence-corrected chi connectivity index (χ4v) is 1.90. The molecular weight excluding hydrogens is 248 g/mol. The molecule has 0 aliphatic carbocycles.